The van der Waals surface area contributed by atoms with Crippen LogP contribution < -0.4 is 10.6 Å². The van der Waals surface area contributed by atoms with Crippen LogP contribution in [0.5, 0.6) is 0 Å². The summed E-state index contributed by atoms with van der Waals surface area (Å²) in [6, 6.07) is 0. The summed E-state index contributed by atoms with van der Waals surface area (Å²) in [7, 11) is 0. The maximum atomic E-state index is 10.9. The SMILES string of the molecule is CCNCCCOCCCNC(=O)CC. The van der Waals surface area contributed by atoms with Crippen LogP contribution in [0.15, 0.2) is 0 Å². The Morgan fingerprint density at radius 1 is 1.13 bits per heavy atom. The molecule has 1 amide bonds. The quantitative estimate of drug-likeness (QED) is 0.534. The third-order valence-corrected chi connectivity index (χ3v) is 2.00. The molecule has 0 spiro atoms. The Bertz CT molecular complexity index is 152. The Kier molecular flexibility index (Phi) is 11.0. The number of amides is 1. The molecule has 0 atom stereocenters. The summed E-state index contributed by atoms with van der Waals surface area (Å²) in [4.78, 5) is 10.9. The first-order valence-corrected chi connectivity index (χ1v) is 5.86. The molecule has 0 aliphatic rings. The lowest BCUT2D eigenvalue weighted by Gasteiger charge is -2.05. The van der Waals surface area contributed by atoms with Crippen LogP contribution >= 0.6 is 0 Å². The number of ether oxygens (including phenoxy) is 1. The molecule has 0 fully saturated rings. The van der Waals surface area contributed by atoms with Gasteiger partial charge in [-0.15, -0.1) is 0 Å². The Morgan fingerprint density at radius 2 is 1.80 bits per heavy atom. The van der Waals surface area contributed by atoms with E-state index < -0.39 is 0 Å². The largest absolute Gasteiger partial charge is 0.381 e. The van der Waals surface area contributed by atoms with Gasteiger partial charge in [-0.2, -0.15) is 0 Å². The Labute approximate surface area is 92.8 Å². The lowest BCUT2D eigenvalue weighted by molar-refractivity contribution is -0.120. The van der Waals surface area contributed by atoms with Gasteiger partial charge >= 0.3 is 0 Å². The predicted molar refractivity (Wildman–Crippen MR) is 61.9 cm³/mol. The molecule has 0 saturated heterocycles. The summed E-state index contributed by atoms with van der Waals surface area (Å²) in [5.74, 6) is 0.113. The third-order valence-electron chi connectivity index (χ3n) is 2.00. The van der Waals surface area contributed by atoms with Gasteiger partial charge in [-0.3, -0.25) is 4.79 Å². The number of hydrogen-bond donors (Lipinski definition) is 2. The van der Waals surface area contributed by atoms with Gasteiger partial charge in [-0.05, 0) is 25.9 Å². The van der Waals surface area contributed by atoms with E-state index in [0.717, 1.165) is 45.7 Å². The molecule has 15 heavy (non-hydrogen) atoms. The second kappa shape index (κ2) is 11.5. The fraction of sp³-hybridized carbons (Fsp3) is 0.909. The molecule has 0 heterocycles. The number of carbonyl (C=O) groups excluding carboxylic acids is 1. The van der Waals surface area contributed by atoms with Crippen molar-refractivity contribution in [1.82, 2.24) is 10.6 Å². The Morgan fingerprint density at radius 3 is 2.40 bits per heavy atom. The highest BCUT2D eigenvalue weighted by Crippen LogP contribution is 1.85. The summed E-state index contributed by atoms with van der Waals surface area (Å²) >= 11 is 0. The molecule has 90 valence electrons. The lowest BCUT2D eigenvalue weighted by Crippen LogP contribution is -2.24. The summed E-state index contributed by atoms with van der Waals surface area (Å²) in [6.45, 7) is 8.24. The average molecular weight is 216 g/mol. The molecule has 0 aliphatic heterocycles. The van der Waals surface area contributed by atoms with Crippen LogP contribution in [0, 0.1) is 0 Å². The van der Waals surface area contributed by atoms with Crippen LogP contribution in [0.1, 0.15) is 33.1 Å². The first kappa shape index (κ1) is 14.4. The maximum absolute atomic E-state index is 10.9. The summed E-state index contributed by atoms with van der Waals surface area (Å²) in [5, 5.41) is 6.05. The molecule has 0 rings (SSSR count). The van der Waals surface area contributed by atoms with Crippen molar-refractivity contribution in [2.45, 2.75) is 33.1 Å². The molecule has 0 aromatic carbocycles. The molecular formula is C11H24N2O2. The summed E-state index contributed by atoms with van der Waals surface area (Å²) in [5.41, 5.74) is 0. The van der Waals surface area contributed by atoms with Crippen LogP contribution in [-0.2, 0) is 9.53 Å². The van der Waals surface area contributed by atoms with E-state index in [9.17, 15) is 4.79 Å². The zero-order valence-corrected chi connectivity index (χ0v) is 9.97. The number of hydrogen-bond acceptors (Lipinski definition) is 3. The van der Waals surface area contributed by atoms with Gasteiger partial charge in [-0.25, -0.2) is 0 Å². The molecule has 0 aromatic rings. The molecule has 4 nitrogen and oxygen atoms in total. The van der Waals surface area contributed by atoms with Gasteiger partial charge in [0.1, 0.15) is 0 Å². The van der Waals surface area contributed by atoms with Crippen LogP contribution in [0.3, 0.4) is 0 Å². The molecule has 0 bridgehead atoms. The molecular weight excluding hydrogens is 192 g/mol. The van der Waals surface area contributed by atoms with E-state index in [2.05, 4.69) is 17.6 Å². The van der Waals surface area contributed by atoms with Crippen molar-refractivity contribution in [3.05, 3.63) is 0 Å². The van der Waals surface area contributed by atoms with Gasteiger partial charge in [-0.1, -0.05) is 13.8 Å². The monoisotopic (exact) mass is 216 g/mol. The van der Waals surface area contributed by atoms with Crippen molar-refractivity contribution >= 4 is 5.91 Å². The standard InChI is InChI=1S/C11H24N2O2/c1-3-11(14)13-8-6-10-15-9-5-7-12-4-2/h12H,3-10H2,1-2H3,(H,13,14). The number of nitrogens with one attached hydrogen (secondary N) is 2. The number of carbonyl (C=O) groups is 1. The molecule has 0 aromatic heterocycles. The fourth-order valence-corrected chi connectivity index (χ4v) is 1.11. The first-order valence-electron chi connectivity index (χ1n) is 5.86. The minimum absolute atomic E-state index is 0.113. The van der Waals surface area contributed by atoms with E-state index >= 15 is 0 Å². The first-order chi connectivity index (χ1) is 7.31. The van der Waals surface area contributed by atoms with Gasteiger partial charge in [0.25, 0.3) is 0 Å². The second-order valence-corrected chi connectivity index (χ2v) is 3.38. The lowest BCUT2D eigenvalue weighted by atomic mass is 10.4. The molecule has 0 radical (unpaired) electrons. The van der Waals surface area contributed by atoms with Crippen molar-refractivity contribution < 1.29 is 9.53 Å². The zero-order chi connectivity index (χ0) is 11.4. The molecule has 0 unspecified atom stereocenters. The highest BCUT2D eigenvalue weighted by Gasteiger charge is 1.94. The van der Waals surface area contributed by atoms with Crippen molar-refractivity contribution in [3.8, 4) is 0 Å². The van der Waals surface area contributed by atoms with Gasteiger partial charge in [0.15, 0.2) is 0 Å². The Hall–Kier alpha value is -0.610. The van der Waals surface area contributed by atoms with Crippen LogP contribution in [0.25, 0.3) is 0 Å². The average Bonchev–Trinajstić information content (AvgIpc) is 2.26. The number of rotatable bonds is 10. The minimum atomic E-state index is 0.113. The predicted octanol–water partition coefficient (Wildman–Crippen LogP) is 0.919. The van der Waals surface area contributed by atoms with Crippen molar-refractivity contribution in [2.75, 3.05) is 32.8 Å². The van der Waals surface area contributed by atoms with Crippen LogP contribution in [0.4, 0.5) is 0 Å². The van der Waals surface area contributed by atoms with Gasteiger partial charge < -0.3 is 15.4 Å². The van der Waals surface area contributed by atoms with Gasteiger partial charge in [0, 0.05) is 26.2 Å². The minimum Gasteiger partial charge on any atom is -0.381 e. The highest BCUT2D eigenvalue weighted by molar-refractivity contribution is 5.75. The highest BCUT2D eigenvalue weighted by atomic mass is 16.5. The maximum Gasteiger partial charge on any atom is 0.219 e. The molecule has 0 aliphatic carbocycles. The summed E-state index contributed by atoms with van der Waals surface area (Å²) < 4.78 is 5.40. The molecule has 0 saturated carbocycles. The Balaban J connectivity index is 2.95. The van der Waals surface area contributed by atoms with E-state index in [1.54, 1.807) is 0 Å². The molecule has 2 N–H and O–H groups in total. The molecule has 4 heteroatoms. The van der Waals surface area contributed by atoms with E-state index in [4.69, 9.17) is 4.74 Å². The van der Waals surface area contributed by atoms with Crippen LogP contribution in [0.2, 0.25) is 0 Å². The zero-order valence-electron chi connectivity index (χ0n) is 9.97. The van der Waals surface area contributed by atoms with Gasteiger partial charge in [0.05, 0.1) is 0 Å². The van der Waals surface area contributed by atoms with E-state index in [1.807, 2.05) is 6.92 Å². The van der Waals surface area contributed by atoms with E-state index in [1.165, 1.54) is 0 Å². The van der Waals surface area contributed by atoms with Crippen LogP contribution in [-0.4, -0.2) is 38.8 Å². The fourth-order valence-electron chi connectivity index (χ4n) is 1.11. The van der Waals surface area contributed by atoms with E-state index in [0.29, 0.717) is 6.42 Å². The second-order valence-electron chi connectivity index (χ2n) is 3.38. The van der Waals surface area contributed by atoms with Crippen molar-refractivity contribution in [1.29, 1.82) is 0 Å². The van der Waals surface area contributed by atoms with Gasteiger partial charge in [0.2, 0.25) is 5.91 Å². The normalized spacial score (nSPS) is 10.3. The smallest absolute Gasteiger partial charge is 0.219 e. The topological polar surface area (TPSA) is 50.4 Å². The van der Waals surface area contributed by atoms with E-state index in [-0.39, 0.29) is 5.91 Å². The third kappa shape index (κ3) is 11.3. The van der Waals surface area contributed by atoms with Crippen molar-refractivity contribution in [3.63, 3.8) is 0 Å². The van der Waals surface area contributed by atoms with Crippen molar-refractivity contribution in [2.24, 2.45) is 0 Å². The summed E-state index contributed by atoms with van der Waals surface area (Å²) in [6.07, 6.45) is 2.51.